The lowest BCUT2D eigenvalue weighted by molar-refractivity contribution is 0.0996. The number of fused-ring (bicyclic) bond motifs is 1. The van der Waals surface area contributed by atoms with Gasteiger partial charge in [-0.2, -0.15) is 0 Å². The number of nitrogen functional groups attached to an aromatic ring is 1. The van der Waals surface area contributed by atoms with Gasteiger partial charge in [-0.3, -0.25) is 14.2 Å². The minimum Gasteiger partial charge on any atom is -0.382 e. The summed E-state index contributed by atoms with van der Waals surface area (Å²) in [6, 6.07) is 24.3. The highest BCUT2D eigenvalue weighted by Gasteiger charge is 2.14. The summed E-state index contributed by atoms with van der Waals surface area (Å²) in [7, 11) is -1.33. The molecule has 0 aliphatic heterocycles. The molecule has 11 heteroatoms. The molecule has 3 aromatic carbocycles. The molecule has 1 unspecified atom stereocenters. The van der Waals surface area contributed by atoms with Gasteiger partial charge in [0.15, 0.2) is 11.5 Å². The number of primary amides is 1. The van der Waals surface area contributed by atoms with Gasteiger partial charge in [0.1, 0.15) is 11.0 Å². The Morgan fingerprint density at radius 3 is 2.43 bits per heavy atom. The van der Waals surface area contributed by atoms with Crippen LogP contribution in [0.3, 0.4) is 0 Å². The van der Waals surface area contributed by atoms with Crippen LogP contribution in [-0.4, -0.2) is 30.7 Å². The SMILES string of the molecule is CC(C)NS(=O)c1cccc(-c2cnc(N)c(C(N)=O)n2)c1.CCc1cc2cccc(Cl)c2c(=O)n1-c1ccccc1. The Kier molecular flexibility index (Phi) is 9.84. The number of nitrogens with one attached hydrogen (secondary N) is 1. The minimum atomic E-state index is -1.33. The van der Waals surface area contributed by atoms with Gasteiger partial charge in [-0.1, -0.05) is 61.0 Å². The second-order valence-corrected chi connectivity index (χ2v) is 11.2. The molecule has 0 bridgehead atoms. The maximum absolute atomic E-state index is 12.8. The van der Waals surface area contributed by atoms with E-state index in [-0.39, 0.29) is 23.1 Å². The number of rotatable bonds is 7. The molecule has 1 atom stereocenters. The number of benzene rings is 3. The number of pyridine rings is 1. The van der Waals surface area contributed by atoms with E-state index in [1.807, 2.05) is 69.3 Å². The van der Waals surface area contributed by atoms with Gasteiger partial charge in [-0.25, -0.2) is 18.9 Å². The molecule has 2 aromatic heterocycles. The maximum Gasteiger partial charge on any atom is 0.271 e. The van der Waals surface area contributed by atoms with Crippen molar-refractivity contribution in [2.75, 3.05) is 5.73 Å². The van der Waals surface area contributed by atoms with E-state index in [0.717, 1.165) is 23.2 Å². The van der Waals surface area contributed by atoms with Crippen molar-refractivity contribution in [1.29, 1.82) is 0 Å². The Morgan fingerprint density at radius 1 is 1.05 bits per heavy atom. The van der Waals surface area contributed by atoms with Crippen LogP contribution in [0.1, 0.15) is 37.0 Å². The van der Waals surface area contributed by atoms with Crippen molar-refractivity contribution in [2.24, 2.45) is 5.73 Å². The van der Waals surface area contributed by atoms with Crippen LogP contribution in [0.4, 0.5) is 5.82 Å². The monoisotopic (exact) mass is 602 g/mol. The van der Waals surface area contributed by atoms with Crippen LogP contribution in [0.2, 0.25) is 5.02 Å². The summed E-state index contributed by atoms with van der Waals surface area (Å²) in [5.74, 6) is -0.759. The first kappa shape index (κ1) is 30.6. The molecule has 0 aliphatic carbocycles. The standard InChI is InChI=1S/C17H14ClNO.C14H17N5O2S/c1-2-13-11-12-7-6-10-15(18)16(12)17(20)19(13)14-8-4-3-5-9-14;1-8(2)19-22(21)10-5-3-4-9(6-10)11-7-17-13(15)12(18-11)14(16)20/h3-11H,2H2,1H3;3-8,19H,1-2H3,(H2,15,17)(H2,16,20). The van der Waals surface area contributed by atoms with Gasteiger partial charge in [-0.15, -0.1) is 0 Å². The quantitative estimate of drug-likeness (QED) is 0.237. The van der Waals surface area contributed by atoms with Gasteiger partial charge in [0.05, 0.1) is 27.2 Å². The Balaban J connectivity index is 0.000000193. The van der Waals surface area contributed by atoms with Crippen LogP contribution in [0.15, 0.2) is 94.7 Å². The normalized spacial score (nSPS) is 11.6. The van der Waals surface area contributed by atoms with Crippen LogP contribution in [-0.2, 0) is 17.4 Å². The third-order valence-corrected chi connectivity index (χ3v) is 7.85. The molecule has 0 radical (unpaired) electrons. The predicted molar refractivity (Wildman–Crippen MR) is 169 cm³/mol. The molecule has 0 saturated carbocycles. The predicted octanol–water partition coefficient (Wildman–Crippen LogP) is 5.05. The molecule has 9 nitrogen and oxygen atoms in total. The lowest BCUT2D eigenvalue weighted by atomic mass is 10.1. The van der Waals surface area contributed by atoms with Gasteiger partial charge >= 0.3 is 0 Å². The van der Waals surface area contributed by atoms with E-state index in [1.54, 1.807) is 34.9 Å². The molecule has 1 amide bonds. The van der Waals surface area contributed by atoms with Gasteiger partial charge in [0.2, 0.25) is 0 Å². The van der Waals surface area contributed by atoms with E-state index >= 15 is 0 Å². The van der Waals surface area contributed by atoms with Gasteiger partial charge < -0.3 is 11.5 Å². The number of amides is 1. The van der Waals surface area contributed by atoms with E-state index in [9.17, 15) is 13.8 Å². The molecule has 0 spiro atoms. The number of nitrogens with two attached hydrogens (primary N) is 2. The Morgan fingerprint density at radius 2 is 1.76 bits per heavy atom. The number of nitrogens with zero attached hydrogens (tertiary/aromatic N) is 3. The maximum atomic E-state index is 12.8. The van der Waals surface area contributed by atoms with Crippen LogP contribution in [0.25, 0.3) is 27.7 Å². The Bertz CT molecular complexity index is 1830. The van der Waals surface area contributed by atoms with Crippen molar-refractivity contribution in [3.8, 4) is 16.9 Å². The van der Waals surface area contributed by atoms with Crippen molar-refractivity contribution in [2.45, 2.75) is 38.1 Å². The molecular formula is C31H31ClN6O3S. The molecule has 5 rings (SSSR count). The summed E-state index contributed by atoms with van der Waals surface area (Å²) in [5.41, 5.74) is 13.6. The Labute approximate surface area is 251 Å². The number of carbonyl (C=O) groups excluding carboxylic acids is 1. The number of anilines is 1. The summed E-state index contributed by atoms with van der Waals surface area (Å²) in [6.07, 6.45) is 2.23. The van der Waals surface area contributed by atoms with E-state index in [2.05, 4.69) is 14.7 Å². The van der Waals surface area contributed by atoms with Crippen LogP contribution < -0.4 is 21.7 Å². The third kappa shape index (κ3) is 6.91. The first-order valence-corrected chi connectivity index (χ1v) is 14.7. The summed E-state index contributed by atoms with van der Waals surface area (Å²) in [5, 5.41) is 1.97. The average Bonchev–Trinajstić information content (AvgIpc) is 2.97. The highest BCUT2D eigenvalue weighted by atomic mass is 35.5. The van der Waals surface area contributed by atoms with Crippen molar-refractivity contribution < 1.29 is 9.00 Å². The topological polar surface area (TPSA) is 146 Å². The van der Waals surface area contributed by atoms with Crippen molar-refractivity contribution >= 4 is 45.1 Å². The molecule has 42 heavy (non-hydrogen) atoms. The molecule has 0 aliphatic rings. The Hall–Kier alpha value is -4.38. The smallest absolute Gasteiger partial charge is 0.271 e. The molecular weight excluding hydrogens is 572 g/mol. The van der Waals surface area contributed by atoms with Gasteiger partial charge in [-0.05, 0) is 62.1 Å². The van der Waals surface area contributed by atoms with E-state index in [4.69, 9.17) is 23.1 Å². The fraction of sp³-hybridized carbons (Fsp3) is 0.161. The summed E-state index contributed by atoms with van der Waals surface area (Å²) in [4.78, 5) is 32.7. The molecule has 0 saturated heterocycles. The minimum absolute atomic E-state index is 0.0162. The largest absolute Gasteiger partial charge is 0.382 e. The molecule has 216 valence electrons. The number of carbonyl (C=O) groups is 1. The van der Waals surface area contributed by atoms with Gasteiger partial charge in [0, 0.05) is 23.0 Å². The lowest BCUT2D eigenvalue weighted by Crippen LogP contribution is -2.25. The first-order chi connectivity index (χ1) is 20.1. The van der Waals surface area contributed by atoms with Crippen LogP contribution >= 0.6 is 11.6 Å². The fourth-order valence-electron chi connectivity index (χ4n) is 4.27. The fourth-order valence-corrected chi connectivity index (χ4v) is 5.53. The highest BCUT2D eigenvalue weighted by molar-refractivity contribution is 7.83. The summed E-state index contributed by atoms with van der Waals surface area (Å²) < 4.78 is 16.8. The van der Waals surface area contributed by atoms with Crippen molar-refractivity contribution in [3.63, 3.8) is 0 Å². The molecule has 2 heterocycles. The number of aromatic nitrogens is 3. The molecule has 0 fully saturated rings. The van der Waals surface area contributed by atoms with E-state index in [1.165, 1.54) is 6.20 Å². The third-order valence-electron chi connectivity index (χ3n) is 6.17. The number of hydrogen-bond donors (Lipinski definition) is 3. The molecule has 5 N–H and O–H groups in total. The zero-order valence-electron chi connectivity index (χ0n) is 23.4. The van der Waals surface area contributed by atoms with Crippen LogP contribution in [0, 0.1) is 0 Å². The number of hydrogen-bond acceptors (Lipinski definition) is 6. The number of halogens is 1. The number of para-hydroxylation sites is 1. The van der Waals surface area contributed by atoms with E-state index in [0.29, 0.717) is 26.6 Å². The lowest BCUT2D eigenvalue weighted by Gasteiger charge is -2.14. The first-order valence-electron chi connectivity index (χ1n) is 13.2. The van der Waals surface area contributed by atoms with Crippen molar-refractivity contribution in [3.05, 3.63) is 112 Å². The second kappa shape index (κ2) is 13.5. The highest BCUT2D eigenvalue weighted by Crippen LogP contribution is 2.23. The molecule has 5 aromatic rings. The van der Waals surface area contributed by atoms with E-state index < -0.39 is 16.9 Å². The van der Waals surface area contributed by atoms with Crippen molar-refractivity contribution in [1.82, 2.24) is 19.3 Å². The summed E-state index contributed by atoms with van der Waals surface area (Å²) >= 11 is 6.20. The van der Waals surface area contributed by atoms with Gasteiger partial charge in [0.25, 0.3) is 11.5 Å². The average molecular weight is 603 g/mol. The number of aryl methyl sites for hydroxylation is 1. The second-order valence-electron chi connectivity index (χ2n) is 9.59. The zero-order chi connectivity index (χ0) is 30.4. The summed E-state index contributed by atoms with van der Waals surface area (Å²) in [6.45, 7) is 5.86. The van der Waals surface area contributed by atoms with Crippen LogP contribution in [0.5, 0.6) is 0 Å². The zero-order valence-corrected chi connectivity index (χ0v) is 24.9.